The molecule has 14 heavy (non-hydrogen) atoms. The first-order valence-corrected chi connectivity index (χ1v) is 3.87. The van der Waals surface area contributed by atoms with Crippen molar-refractivity contribution in [3.8, 4) is 11.5 Å². The van der Waals surface area contributed by atoms with E-state index in [-0.39, 0.29) is 5.75 Å². The molecule has 1 rings (SSSR count). The molecule has 0 aliphatic rings. The van der Waals surface area contributed by atoms with Gasteiger partial charge in [0.2, 0.25) is 0 Å². The minimum atomic E-state index is -4.51. The smallest absolute Gasteiger partial charge is 0.416 e. The Bertz CT molecular complexity index is 349. The SMILES string of the molecule is COc1cc(C(F)(F)F)cc(Cl)c1O. The van der Waals surface area contributed by atoms with E-state index in [9.17, 15) is 13.2 Å². The van der Waals surface area contributed by atoms with Crippen LogP contribution in [0.25, 0.3) is 0 Å². The van der Waals surface area contributed by atoms with Gasteiger partial charge in [-0.05, 0) is 12.1 Å². The molecule has 0 saturated heterocycles. The number of phenols is 1. The highest BCUT2D eigenvalue weighted by Gasteiger charge is 2.32. The maximum absolute atomic E-state index is 12.2. The molecule has 0 aliphatic heterocycles. The number of rotatable bonds is 1. The molecule has 1 aromatic carbocycles. The third-order valence-electron chi connectivity index (χ3n) is 1.58. The molecule has 0 radical (unpaired) electrons. The normalized spacial score (nSPS) is 11.5. The molecule has 6 heteroatoms. The van der Waals surface area contributed by atoms with Gasteiger partial charge >= 0.3 is 6.18 Å². The van der Waals surface area contributed by atoms with Gasteiger partial charge in [-0.15, -0.1) is 0 Å². The summed E-state index contributed by atoms with van der Waals surface area (Å²) < 4.78 is 41.2. The maximum Gasteiger partial charge on any atom is 0.416 e. The van der Waals surface area contributed by atoms with Crippen molar-refractivity contribution >= 4 is 11.6 Å². The Morgan fingerprint density at radius 3 is 2.36 bits per heavy atom. The number of ether oxygens (including phenoxy) is 1. The van der Waals surface area contributed by atoms with Crippen LogP contribution in [-0.4, -0.2) is 12.2 Å². The van der Waals surface area contributed by atoms with Gasteiger partial charge in [0.1, 0.15) is 0 Å². The number of hydrogen-bond acceptors (Lipinski definition) is 2. The fourth-order valence-corrected chi connectivity index (χ4v) is 1.10. The molecule has 0 atom stereocenters. The first-order valence-electron chi connectivity index (χ1n) is 3.50. The van der Waals surface area contributed by atoms with Crippen LogP contribution in [0.4, 0.5) is 13.2 Å². The Balaban J connectivity index is 3.30. The lowest BCUT2D eigenvalue weighted by Crippen LogP contribution is -2.05. The number of benzene rings is 1. The summed E-state index contributed by atoms with van der Waals surface area (Å²) in [5.41, 5.74) is -0.961. The zero-order chi connectivity index (χ0) is 10.9. The molecule has 0 bridgehead atoms. The number of phenolic OH excluding ortho intramolecular Hbond substituents is 1. The Hall–Kier alpha value is -1.10. The third-order valence-corrected chi connectivity index (χ3v) is 1.86. The van der Waals surface area contributed by atoms with E-state index in [2.05, 4.69) is 4.74 Å². The Kier molecular flexibility index (Phi) is 2.80. The average molecular weight is 227 g/mol. The summed E-state index contributed by atoms with van der Waals surface area (Å²) in [7, 11) is 1.14. The van der Waals surface area contributed by atoms with Crippen molar-refractivity contribution in [2.45, 2.75) is 6.18 Å². The van der Waals surface area contributed by atoms with Crippen molar-refractivity contribution in [3.63, 3.8) is 0 Å². The zero-order valence-corrected chi connectivity index (χ0v) is 7.78. The van der Waals surface area contributed by atoms with Crippen LogP contribution in [0.15, 0.2) is 12.1 Å². The molecule has 1 N–H and O–H groups in total. The Labute approximate surface area is 82.9 Å². The van der Waals surface area contributed by atoms with E-state index in [1.807, 2.05) is 0 Å². The van der Waals surface area contributed by atoms with Gasteiger partial charge in [-0.1, -0.05) is 11.6 Å². The van der Waals surface area contributed by atoms with Gasteiger partial charge in [0.25, 0.3) is 0 Å². The van der Waals surface area contributed by atoms with Crippen LogP contribution in [0.5, 0.6) is 11.5 Å². The molecule has 0 unspecified atom stereocenters. The summed E-state index contributed by atoms with van der Waals surface area (Å²) in [6, 6.07) is 1.32. The van der Waals surface area contributed by atoms with Crippen LogP contribution in [0.2, 0.25) is 5.02 Å². The molecule has 0 spiro atoms. The number of alkyl halides is 3. The van der Waals surface area contributed by atoms with Crippen molar-refractivity contribution in [2.75, 3.05) is 7.11 Å². The predicted molar refractivity (Wildman–Crippen MR) is 44.7 cm³/mol. The van der Waals surface area contributed by atoms with Crippen LogP contribution < -0.4 is 4.74 Å². The highest BCUT2D eigenvalue weighted by atomic mass is 35.5. The second kappa shape index (κ2) is 3.57. The summed E-state index contributed by atoms with van der Waals surface area (Å²) in [6.45, 7) is 0. The molecule has 2 nitrogen and oxygen atoms in total. The molecule has 1 aromatic rings. The van der Waals surface area contributed by atoms with E-state index in [0.717, 1.165) is 7.11 Å². The van der Waals surface area contributed by atoms with Crippen molar-refractivity contribution in [1.82, 2.24) is 0 Å². The van der Waals surface area contributed by atoms with Gasteiger partial charge in [-0.25, -0.2) is 0 Å². The lowest BCUT2D eigenvalue weighted by Gasteiger charge is -2.10. The summed E-state index contributed by atoms with van der Waals surface area (Å²) in [5, 5.41) is 8.77. The summed E-state index contributed by atoms with van der Waals surface area (Å²) >= 11 is 5.37. The van der Waals surface area contributed by atoms with E-state index >= 15 is 0 Å². The fraction of sp³-hybridized carbons (Fsp3) is 0.250. The van der Waals surface area contributed by atoms with Gasteiger partial charge in [0.05, 0.1) is 17.7 Å². The van der Waals surface area contributed by atoms with Gasteiger partial charge in [-0.3, -0.25) is 0 Å². The second-order valence-electron chi connectivity index (χ2n) is 2.51. The summed E-state index contributed by atoms with van der Waals surface area (Å²) in [6.07, 6.45) is -4.51. The Morgan fingerprint density at radius 2 is 1.93 bits per heavy atom. The first kappa shape index (κ1) is 11.0. The number of methoxy groups -OCH3 is 1. The lowest BCUT2D eigenvalue weighted by molar-refractivity contribution is -0.137. The van der Waals surface area contributed by atoms with E-state index < -0.39 is 22.5 Å². The maximum atomic E-state index is 12.2. The molecule has 0 aliphatic carbocycles. The highest BCUT2D eigenvalue weighted by Crippen LogP contribution is 2.40. The first-order chi connectivity index (χ1) is 6.36. The monoisotopic (exact) mass is 226 g/mol. The van der Waals surface area contributed by atoms with E-state index in [4.69, 9.17) is 16.7 Å². The predicted octanol–water partition coefficient (Wildman–Crippen LogP) is 3.07. The summed E-state index contributed by atoms with van der Waals surface area (Å²) in [4.78, 5) is 0. The summed E-state index contributed by atoms with van der Waals surface area (Å²) in [5.74, 6) is -0.799. The Morgan fingerprint density at radius 1 is 1.36 bits per heavy atom. The second-order valence-corrected chi connectivity index (χ2v) is 2.91. The van der Waals surface area contributed by atoms with Gasteiger partial charge < -0.3 is 9.84 Å². The molecule has 0 heterocycles. The van der Waals surface area contributed by atoms with Crippen molar-refractivity contribution in [1.29, 1.82) is 0 Å². The number of halogens is 4. The lowest BCUT2D eigenvalue weighted by atomic mass is 10.2. The van der Waals surface area contributed by atoms with Crippen molar-refractivity contribution < 1.29 is 23.0 Å². The fourth-order valence-electron chi connectivity index (χ4n) is 0.893. The molecule has 0 fully saturated rings. The molecule has 0 amide bonds. The van der Waals surface area contributed by atoms with Crippen LogP contribution in [0.3, 0.4) is 0 Å². The van der Waals surface area contributed by atoms with E-state index in [1.54, 1.807) is 0 Å². The molecule has 78 valence electrons. The zero-order valence-electron chi connectivity index (χ0n) is 7.02. The number of hydrogen-bond donors (Lipinski definition) is 1. The minimum Gasteiger partial charge on any atom is -0.503 e. The third kappa shape index (κ3) is 2.04. The van der Waals surface area contributed by atoms with Crippen LogP contribution in [0.1, 0.15) is 5.56 Å². The van der Waals surface area contributed by atoms with Gasteiger partial charge in [0.15, 0.2) is 11.5 Å². The quantitative estimate of drug-likeness (QED) is 0.797. The minimum absolute atomic E-state index is 0.301. The van der Waals surface area contributed by atoms with Crippen LogP contribution in [-0.2, 0) is 6.18 Å². The topological polar surface area (TPSA) is 29.5 Å². The average Bonchev–Trinajstić information content (AvgIpc) is 2.07. The van der Waals surface area contributed by atoms with Gasteiger partial charge in [0, 0.05) is 0 Å². The van der Waals surface area contributed by atoms with Crippen molar-refractivity contribution in [3.05, 3.63) is 22.7 Å². The largest absolute Gasteiger partial charge is 0.503 e. The highest BCUT2D eigenvalue weighted by molar-refractivity contribution is 6.32. The molecule has 0 saturated carbocycles. The molecule has 0 aromatic heterocycles. The van der Waals surface area contributed by atoms with Gasteiger partial charge in [-0.2, -0.15) is 13.2 Å². The van der Waals surface area contributed by atoms with Crippen molar-refractivity contribution in [2.24, 2.45) is 0 Å². The number of aromatic hydroxyl groups is 1. The molecular weight excluding hydrogens is 221 g/mol. The van der Waals surface area contributed by atoms with Crippen LogP contribution in [0, 0.1) is 0 Å². The van der Waals surface area contributed by atoms with E-state index in [0.29, 0.717) is 12.1 Å². The van der Waals surface area contributed by atoms with E-state index in [1.165, 1.54) is 0 Å². The van der Waals surface area contributed by atoms with Crippen LogP contribution >= 0.6 is 11.6 Å². The standard InChI is InChI=1S/C8H6ClF3O2/c1-14-6-3-4(8(10,11)12)2-5(9)7(6)13/h2-3,13H,1H3. The molecular formula is C8H6ClF3O2.